The van der Waals surface area contributed by atoms with E-state index in [1.807, 2.05) is 47.1 Å². The SMILES string of the molecule is COc1ccc(-c2cn3cccc(N)c3n2)cc1OC. The van der Waals surface area contributed by atoms with Crippen LogP contribution in [0.1, 0.15) is 0 Å². The third kappa shape index (κ3) is 1.93. The molecule has 0 saturated carbocycles. The second-order valence-electron chi connectivity index (χ2n) is 4.39. The Morgan fingerprint density at radius 2 is 1.90 bits per heavy atom. The molecule has 0 aliphatic rings. The van der Waals surface area contributed by atoms with Crippen molar-refractivity contribution in [3.8, 4) is 22.8 Å². The van der Waals surface area contributed by atoms with Gasteiger partial charge in [-0.2, -0.15) is 0 Å². The summed E-state index contributed by atoms with van der Waals surface area (Å²) in [4.78, 5) is 4.55. The topological polar surface area (TPSA) is 61.8 Å². The van der Waals surface area contributed by atoms with E-state index in [4.69, 9.17) is 15.2 Å². The smallest absolute Gasteiger partial charge is 0.161 e. The highest BCUT2D eigenvalue weighted by Gasteiger charge is 2.10. The molecule has 5 nitrogen and oxygen atoms in total. The van der Waals surface area contributed by atoms with Crippen LogP contribution in [0.3, 0.4) is 0 Å². The summed E-state index contributed by atoms with van der Waals surface area (Å²) >= 11 is 0. The summed E-state index contributed by atoms with van der Waals surface area (Å²) in [6.45, 7) is 0. The zero-order valence-corrected chi connectivity index (χ0v) is 11.3. The van der Waals surface area contributed by atoms with Crippen LogP contribution in [0.15, 0.2) is 42.7 Å². The maximum Gasteiger partial charge on any atom is 0.161 e. The Kier molecular flexibility index (Phi) is 2.95. The van der Waals surface area contributed by atoms with Crippen LogP contribution in [0.5, 0.6) is 11.5 Å². The summed E-state index contributed by atoms with van der Waals surface area (Å²) in [5, 5.41) is 0. The summed E-state index contributed by atoms with van der Waals surface area (Å²) in [6, 6.07) is 9.43. The highest BCUT2D eigenvalue weighted by atomic mass is 16.5. The van der Waals surface area contributed by atoms with E-state index in [0.717, 1.165) is 16.9 Å². The van der Waals surface area contributed by atoms with E-state index < -0.39 is 0 Å². The van der Waals surface area contributed by atoms with Crippen LogP contribution >= 0.6 is 0 Å². The molecule has 3 aromatic rings. The molecule has 5 heteroatoms. The fourth-order valence-corrected chi connectivity index (χ4v) is 2.17. The van der Waals surface area contributed by atoms with Gasteiger partial charge in [0, 0.05) is 18.0 Å². The lowest BCUT2D eigenvalue weighted by molar-refractivity contribution is 0.355. The van der Waals surface area contributed by atoms with E-state index in [9.17, 15) is 0 Å². The Labute approximate surface area is 116 Å². The fraction of sp³-hybridized carbons (Fsp3) is 0.133. The predicted molar refractivity (Wildman–Crippen MR) is 78.1 cm³/mol. The normalized spacial score (nSPS) is 10.7. The van der Waals surface area contributed by atoms with Gasteiger partial charge in [0.25, 0.3) is 0 Å². The monoisotopic (exact) mass is 269 g/mol. The van der Waals surface area contributed by atoms with Crippen molar-refractivity contribution in [1.29, 1.82) is 0 Å². The molecular formula is C15H15N3O2. The molecule has 0 atom stereocenters. The number of hydrogen-bond donors (Lipinski definition) is 1. The molecule has 0 aliphatic heterocycles. The van der Waals surface area contributed by atoms with Crippen molar-refractivity contribution in [1.82, 2.24) is 9.38 Å². The Bertz CT molecular complexity index is 765. The first kappa shape index (κ1) is 12.3. The van der Waals surface area contributed by atoms with Crippen LogP contribution in [0.2, 0.25) is 0 Å². The average molecular weight is 269 g/mol. The van der Waals surface area contributed by atoms with Gasteiger partial charge < -0.3 is 19.6 Å². The van der Waals surface area contributed by atoms with Crippen molar-refractivity contribution < 1.29 is 9.47 Å². The van der Waals surface area contributed by atoms with Crippen molar-refractivity contribution in [2.45, 2.75) is 0 Å². The highest BCUT2D eigenvalue weighted by Crippen LogP contribution is 2.32. The lowest BCUT2D eigenvalue weighted by Gasteiger charge is -2.08. The van der Waals surface area contributed by atoms with Gasteiger partial charge in [0.1, 0.15) is 0 Å². The van der Waals surface area contributed by atoms with Crippen molar-refractivity contribution in [3.63, 3.8) is 0 Å². The second kappa shape index (κ2) is 4.77. The molecule has 2 heterocycles. The van der Waals surface area contributed by atoms with Gasteiger partial charge >= 0.3 is 0 Å². The maximum absolute atomic E-state index is 5.92. The molecule has 0 fully saturated rings. The summed E-state index contributed by atoms with van der Waals surface area (Å²) in [7, 11) is 3.23. The molecule has 2 aromatic heterocycles. The van der Waals surface area contributed by atoms with Crippen LogP contribution in [0.4, 0.5) is 5.69 Å². The van der Waals surface area contributed by atoms with E-state index in [2.05, 4.69) is 4.98 Å². The molecule has 0 saturated heterocycles. The maximum atomic E-state index is 5.92. The Balaban J connectivity index is 2.13. The van der Waals surface area contributed by atoms with Gasteiger partial charge in [-0.1, -0.05) is 0 Å². The number of hydrogen-bond acceptors (Lipinski definition) is 4. The molecule has 0 radical (unpaired) electrons. The van der Waals surface area contributed by atoms with Crippen LogP contribution < -0.4 is 15.2 Å². The molecule has 0 aliphatic carbocycles. The Hall–Kier alpha value is -2.69. The number of nitrogens with zero attached hydrogens (tertiary/aromatic N) is 2. The van der Waals surface area contributed by atoms with Crippen LogP contribution in [-0.2, 0) is 0 Å². The number of anilines is 1. The Morgan fingerprint density at radius 3 is 2.60 bits per heavy atom. The van der Waals surface area contributed by atoms with Gasteiger partial charge in [0.05, 0.1) is 25.6 Å². The molecule has 3 rings (SSSR count). The lowest BCUT2D eigenvalue weighted by atomic mass is 10.1. The van der Waals surface area contributed by atoms with Gasteiger partial charge in [-0.25, -0.2) is 4.98 Å². The molecule has 0 spiro atoms. The number of methoxy groups -OCH3 is 2. The number of benzene rings is 1. The van der Waals surface area contributed by atoms with Crippen molar-refractivity contribution >= 4 is 11.3 Å². The number of nitrogen functional groups attached to an aromatic ring is 1. The molecule has 20 heavy (non-hydrogen) atoms. The largest absolute Gasteiger partial charge is 0.493 e. The second-order valence-corrected chi connectivity index (χ2v) is 4.39. The highest BCUT2D eigenvalue weighted by molar-refractivity contribution is 5.72. The minimum absolute atomic E-state index is 0.652. The predicted octanol–water partition coefficient (Wildman–Crippen LogP) is 2.60. The van der Waals surface area contributed by atoms with E-state index in [1.54, 1.807) is 14.2 Å². The number of rotatable bonds is 3. The summed E-state index contributed by atoms with van der Waals surface area (Å²) in [5.41, 5.74) is 9.11. The number of fused-ring (bicyclic) bond motifs is 1. The van der Waals surface area contributed by atoms with Gasteiger partial charge in [0.15, 0.2) is 17.1 Å². The molecule has 102 valence electrons. The number of imidazole rings is 1. The van der Waals surface area contributed by atoms with Crippen molar-refractivity contribution in [3.05, 3.63) is 42.7 Å². The molecule has 0 amide bonds. The van der Waals surface area contributed by atoms with Gasteiger partial charge in [0.2, 0.25) is 0 Å². The summed E-state index contributed by atoms with van der Waals surface area (Å²) in [6.07, 6.45) is 3.86. The zero-order valence-electron chi connectivity index (χ0n) is 11.3. The van der Waals surface area contributed by atoms with E-state index >= 15 is 0 Å². The minimum Gasteiger partial charge on any atom is -0.493 e. The first-order valence-electron chi connectivity index (χ1n) is 6.18. The van der Waals surface area contributed by atoms with E-state index in [1.165, 1.54) is 0 Å². The van der Waals surface area contributed by atoms with Crippen LogP contribution in [-0.4, -0.2) is 23.6 Å². The first-order valence-corrected chi connectivity index (χ1v) is 6.18. The first-order chi connectivity index (χ1) is 9.72. The average Bonchev–Trinajstić information content (AvgIpc) is 2.92. The fourth-order valence-electron chi connectivity index (χ4n) is 2.17. The van der Waals surface area contributed by atoms with Gasteiger partial charge in [-0.05, 0) is 30.3 Å². The number of ether oxygens (including phenoxy) is 2. The van der Waals surface area contributed by atoms with Crippen LogP contribution in [0.25, 0.3) is 16.9 Å². The number of pyridine rings is 1. The van der Waals surface area contributed by atoms with Gasteiger partial charge in [-0.15, -0.1) is 0 Å². The van der Waals surface area contributed by atoms with Crippen molar-refractivity contribution in [2.24, 2.45) is 0 Å². The standard InChI is InChI=1S/C15H15N3O2/c1-19-13-6-5-10(8-14(13)20-2)12-9-18-7-3-4-11(16)15(18)17-12/h3-9H,16H2,1-2H3. The van der Waals surface area contributed by atoms with Crippen LogP contribution in [0, 0.1) is 0 Å². The van der Waals surface area contributed by atoms with E-state index in [0.29, 0.717) is 17.2 Å². The third-order valence-electron chi connectivity index (χ3n) is 3.19. The summed E-state index contributed by atoms with van der Waals surface area (Å²) < 4.78 is 12.5. The molecule has 1 aromatic carbocycles. The number of nitrogens with two attached hydrogens (primary N) is 1. The molecule has 0 unspecified atom stereocenters. The molecular weight excluding hydrogens is 254 g/mol. The zero-order chi connectivity index (χ0) is 14.1. The minimum atomic E-state index is 0.652. The quantitative estimate of drug-likeness (QED) is 0.794. The van der Waals surface area contributed by atoms with Gasteiger partial charge in [-0.3, -0.25) is 0 Å². The van der Waals surface area contributed by atoms with Crippen molar-refractivity contribution in [2.75, 3.05) is 20.0 Å². The molecule has 0 bridgehead atoms. The van der Waals surface area contributed by atoms with E-state index in [-0.39, 0.29) is 0 Å². The molecule has 2 N–H and O–H groups in total. The number of aromatic nitrogens is 2. The third-order valence-corrected chi connectivity index (χ3v) is 3.19. The lowest BCUT2D eigenvalue weighted by Crippen LogP contribution is -1.91. The summed E-state index contributed by atoms with van der Waals surface area (Å²) in [5.74, 6) is 1.37. The Morgan fingerprint density at radius 1 is 1.10 bits per heavy atom.